The van der Waals surface area contributed by atoms with Crippen LogP contribution in [0.2, 0.25) is 0 Å². The zero-order chi connectivity index (χ0) is 21.6. The maximum absolute atomic E-state index is 5.89. The van der Waals surface area contributed by atoms with Gasteiger partial charge in [-0.25, -0.2) is 0 Å². The Morgan fingerprint density at radius 3 is 1.28 bits per heavy atom. The van der Waals surface area contributed by atoms with Gasteiger partial charge in [0.1, 0.15) is 0 Å². The summed E-state index contributed by atoms with van der Waals surface area (Å²) in [5.41, 5.74) is 2.46. The first-order valence-corrected chi connectivity index (χ1v) is 11.7. The van der Waals surface area contributed by atoms with Gasteiger partial charge in [0.05, 0.1) is 52.9 Å². The molecule has 0 aliphatic carbocycles. The number of ether oxygens (including phenoxy) is 4. The quantitative estimate of drug-likeness (QED) is 0.501. The van der Waals surface area contributed by atoms with Crippen molar-refractivity contribution in [3.63, 3.8) is 0 Å². The van der Waals surface area contributed by atoms with Crippen molar-refractivity contribution < 1.29 is 18.9 Å². The molecule has 0 N–H and O–H groups in total. The Morgan fingerprint density at radius 1 is 0.469 bits per heavy atom. The van der Waals surface area contributed by atoms with Crippen molar-refractivity contribution in [1.82, 2.24) is 0 Å². The molecule has 6 nitrogen and oxygen atoms in total. The Balaban J connectivity index is 1.67. The van der Waals surface area contributed by atoms with Crippen LogP contribution in [0, 0.1) is 0 Å². The van der Waals surface area contributed by atoms with E-state index in [-0.39, 0.29) is 0 Å². The maximum atomic E-state index is 5.89. The Labute approximate surface area is 189 Å². The van der Waals surface area contributed by atoms with E-state index in [0.29, 0.717) is 52.9 Å². The molecular weight excluding hydrogens is 404 g/mol. The van der Waals surface area contributed by atoms with E-state index < -0.39 is 0 Å². The van der Waals surface area contributed by atoms with Crippen LogP contribution in [-0.4, -0.2) is 79.0 Å². The first-order chi connectivity index (χ1) is 15.9. The van der Waals surface area contributed by atoms with Crippen LogP contribution in [0.25, 0.3) is 21.5 Å². The number of hydrogen-bond donors (Lipinski definition) is 0. The molecule has 3 aromatic rings. The van der Waals surface area contributed by atoms with E-state index in [2.05, 4.69) is 58.3 Å². The topological polar surface area (TPSA) is 43.4 Å². The lowest BCUT2D eigenvalue weighted by Gasteiger charge is -2.27. The van der Waals surface area contributed by atoms with E-state index in [1.54, 1.807) is 0 Å². The van der Waals surface area contributed by atoms with Crippen LogP contribution in [0.1, 0.15) is 0 Å². The lowest BCUT2D eigenvalue weighted by Crippen LogP contribution is -2.33. The standard InChI is InChI=1S/C26H32N2O4/c1-3-21-19-22-4-2-6-26-24(22)20-23(21)25(5-1)27-7-11-29-15-17-31-13-9-28(26)10-14-32-18-16-30-12-8-27/h1-6,19-20H,7-18H2. The van der Waals surface area contributed by atoms with Crippen LogP contribution < -0.4 is 9.80 Å². The van der Waals surface area contributed by atoms with Gasteiger partial charge in [-0.3, -0.25) is 0 Å². The van der Waals surface area contributed by atoms with Crippen molar-refractivity contribution in [2.45, 2.75) is 0 Å². The predicted octanol–water partition coefficient (Wildman–Crippen LogP) is 3.70. The lowest BCUT2D eigenvalue weighted by molar-refractivity contribution is 0.0436. The normalized spacial score (nSPS) is 19.6. The molecule has 6 heteroatoms. The number of anilines is 2. The molecule has 0 aromatic heterocycles. The van der Waals surface area contributed by atoms with Crippen LogP contribution in [0.3, 0.4) is 0 Å². The van der Waals surface area contributed by atoms with Crippen molar-refractivity contribution >= 4 is 32.9 Å². The molecule has 170 valence electrons. The average Bonchev–Trinajstić information content (AvgIpc) is 2.82. The summed E-state index contributed by atoms with van der Waals surface area (Å²) in [6.07, 6.45) is 0. The van der Waals surface area contributed by atoms with Gasteiger partial charge in [-0.2, -0.15) is 0 Å². The van der Waals surface area contributed by atoms with Crippen LogP contribution >= 0.6 is 0 Å². The second-order valence-corrected chi connectivity index (χ2v) is 8.27. The zero-order valence-corrected chi connectivity index (χ0v) is 18.6. The van der Waals surface area contributed by atoms with E-state index in [9.17, 15) is 0 Å². The van der Waals surface area contributed by atoms with Crippen LogP contribution in [0.5, 0.6) is 0 Å². The summed E-state index contributed by atoms with van der Waals surface area (Å²) in [4.78, 5) is 4.77. The summed E-state index contributed by atoms with van der Waals surface area (Å²) in [5.74, 6) is 0. The predicted molar refractivity (Wildman–Crippen MR) is 129 cm³/mol. The van der Waals surface area contributed by atoms with Gasteiger partial charge in [-0.05, 0) is 35.0 Å². The van der Waals surface area contributed by atoms with Crippen molar-refractivity contribution in [3.05, 3.63) is 48.5 Å². The fourth-order valence-corrected chi connectivity index (χ4v) is 4.62. The first-order valence-electron chi connectivity index (χ1n) is 11.7. The number of nitrogens with zero attached hydrogens (tertiary/aromatic N) is 2. The highest BCUT2D eigenvalue weighted by Gasteiger charge is 2.16. The summed E-state index contributed by atoms with van der Waals surface area (Å²) in [5, 5.41) is 5.05. The van der Waals surface area contributed by atoms with Crippen molar-refractivity contribution in [1.29, 1.82) is 0 Å². The minimum atomic E-state index is 0.612. The first kappa shape index (κ1) is 21.5. The van der Waals surface area contributed by atoms with E-state index in [1.807, 2.05) is 0 Å². The van der Waals surface area contributed by atoms with Gasteiger partial charge in [-0.1, -0.05) is 24.3 Å². The Bertz CT molecular complexity index is 942. The second-order valence-electron chi connectivity index (χ2n) is 8.27. The van der Waals surface area contributed by atoms with E-state index in [4.69, 9.17) is 18.9 Å². The largest absolute Gasteiger partial charge is 0.377 e. The molecule has 0 atom stereocenters. The van der Waals surface area contributed by atoms with Gasteiger partial charge in [0.15, 0.2) is 0 Å². The summed E-state index contributed by atoms with van der Waals surface area (Å²) in [7, 11) is 0. The SMILES string of the molecule is c1cc2c3cc4c(cccc4cc3c1)N1CCOCCOCCN2CCOCCOCC1. The average molecular weight is 437 g/mol. The highest BCUT2D eigenvalue weighted by atomic mass is 16.5. The molecule has 0 unspecified atom stereocenters. The summed E-state index contributed by atoms with van der Waals surface area (Å²) in [6.45, 7) is 8.33. The van der Waals surface area contributed by atoms with Gasteiger partial charge in [0.2, 0.25) is 0 Å². The Kier molecular flexibility index (Phi) is 7.04. The van der Waals surface area contributed by atoms with Crippen LogP contribution in [-0.2, 0) is 18.9 Å². The zero-order valence-electron chi connectivity index (χ0n) is 18.6. The van der Waals surface area contributed by atoms with Gasteiger partial charge >= 0.3 is 0 Å². The highest BCUT2D eigenvalue weighted by molar-refractivity contribution is 6.07. The second kappa shape index (κ2) is 10.5. The molecule has 0 amide bonds. The summed E-state index contributed by atoms with van der Waals surface area (Å²) in [6, 6.07) is 17.8. The van der Waals surface area contributed by atoms with Gasteiger partial charge in [0.25, 0.3) is 0 Å². The third-order valence-corrected chi connectivity index (χ3v) is 6.28. The summed E-state index contributed by atoms with van der Waals surface area (Å²) >= 11 is 0. The van der Waals surface area contributed by atoms with E-state index in [0.717, 1.165) is 26.2 Å². The molecule has 0 radical (unpaired) electrons. The molecule has 32 heavy (non-hydrogen) atoms. The van der Waals surface area contributed by atoms with Crippen LogP contribution in [0.4, 0.5) is 11.4 Å². The van der Waals surface area contributed by atoms with Crippen molar-refractivity contribution in [2.75, 3.05) is 88.8 Å². The maximum Gasteiger partial charge on any atom is 0.0701 e. The van der Waals surface area contributed by atoms with Gasteiger partial charge in [-0.15, -0.1) is 0 Å². The Morgan fingerprint density at radius 2 is 0.875 bits per heavy atom. The fraction of sp³-hybridized carbons (Fsp3) is 0.462. The minimum Gasteiger partial charge on any atom is -0.377 e. The van der Waals surface area contributed by atoms with Crippen molar-refractivity contribution in [3.8, 4) is 0 Å². The van der Waals surface area contributed by atoms with Crippen LogP contribution in [0.15, 0.2) is 48.5 Å². The molecular formula is C26H32N2O4. The highest BCUT2D eigenvalue weighted by Crippen LogP contribution is 2.35. The molecule has 2 heterocycles. The van der Waals surface area contributed by atoms with E-state index >= 15 is 0 Å². The number of hydrogen-bond acceptors (Lipinski definition) is 6. The minimum absolute atomic E-state index is 0.612. The molecule has 3 aromatic carbocycles. The van der Waals surface area contributed by atoms with E-state index in [1.165, 1.54) is 32.9 Å². The lowest BCUT2D eigenvalue weighted by atomic mass is 10.00. The fourth-order valence-electron chi connectivity index (χ4n) is 4.62. The smallest absolute Gasteiger partial charge is 0.0701 e. The van der Waals surface area contributed by atoms with Gasteiger partial charge in [0, 0.05) is 48.3 Å². The molecule has 4 bridgehead atoms. The molecule has 2 aliphatic rings. The monoisotopic (exact) mass is 436 g/mol. The molecule has 5 rings (SSSR count). The Hall–Kier alpha value is -2.38. The molecule has 0 saturated carbocycles. The van der Waals surface area contributed by atoms with Crippen molar-refractivity contribution in [2.24, 2.45) is 0 Å². The number of benzene rings is 3. The third-order valence-electron chi connectivity index (χ3n) is 6.28. The molecule has 0 fully saturated rings. The summed E-state index contributed by atoms with van der Waals surface area (Å²) < 4.78 is 23.6. The molecule has 0 spiro atoms. The van der Waals surface area contributed by atoms with Gasteiger partial charge < -0.3 is 28.7 Å². The number of rotatable bonds is 0. The third kappa shape index (κ3) is 4.84. The molecule has 2 aliphatic heterocycles. The molecule has 0 saturated heterocycles.